The first-order valence-corrected chi connectivity index (χ1v) is 13.6. The summed E-state index contributed by atoms with van der Waals surface area (Å²) in [7, 11) is 0. The number of aromatic nitrogens is 5. The van der Waals surface area contributed by atoms with Gasteiger partial charge in [-0.05, 0) is 59.7 Å². The van der Waals surface area contributed by atoms with Crippen LogP contribution in [0.15, 0.2) is 29.1 Å². The Labute approximate surface area is 212 Å². The van der Waals surface area contributed by atoms with Crippen molar-refractivity contribution in [2.75, 3.05) is 39.4 Å². The van der Waals surface area contributed by atoms with Crippen molar-refractivity contribution in [3.05, 3.63) is 51.6 Å². The highest BCUT2D eigenvalue weighted by Gasteiger charge is 2.29. The molecule has 2 aliphatic rings. The zero-order valence-corrected chi connectivity index (χ0v) is 21.7. The topological polar surface area (TPSA) is 92.2 Å². The highest BCUT2D eigenvalue weighted by molar-refractivity contribution is 5.79. The van der Waals surface area contributed by atoms with E-state index in [1.54, 1.807) is 0 Å². The van der Waals surface area contributed by atoms with Crippen LogP contribution in [0.5, 0.6) is 0 Å². The Balaban J connectivity index is 1.44. The molecule has 36 heavy (non-hydrogen) atoms. The predicted octanol–water partition coefficient (Wildman–Crippen LogP) is 3.61. The number of tetrazole rings is 1. The molecule has 1 saturated carbocycles. The molecule has 1 atom stereocenters. The summed E-state index contributed by atoms with van der Waals surface area (Å²) in [5.74, 6) is 0.930. The van der Waals surface area contributed by atoms with E-state index in [0.717, 1.165) is 86.5 Å². The van der Waals surface area contributed by atoms with Gasteiger partial charge in [0.15, 0.2) is 5.82 Å². The average Bonchev–Trinajstić information content (AvgIpc) is 3.39. The van der Waals surface area contributed by atoms with E-state index in [4.69, 9.17) is 4.74 Å². The number of H-pyrrole nitrogens is 1. The van der Waals surface area contributed by atoms with Crippen LogP contribution >= 0.6 is 0 Å². The molecule has 2 aromatic heterocycles. The van der Waals surface area contributed by atoms with E-state index in [2.05, 4.69) is 54.0 Å². The third kappa shape index (κ3) is 5.68. The Bertz CT molecular complexity index is 1190. The fourth-order valence-corrected chi connectivity index (χ4v) is 5.75. The SMILES string of the molecule is CC[C@@H](c1nnnn1C1CCCCC1)N(CCN1CCOCC1)Cc1cc2ccc(C)cc2[nH]c1=O. The van der Waals surface area contributed by atoms with Crippen LogP contribution in [0.25, 0.3) is 10.9 Å². The van der Waals surface area contributed by atoms with Gasteiger partial charge in [-0.1, -0.05) is 38.3 Å². The molecule has 3 heterocycles. The first-order chi connectivity index (χ1) is 17.6. The van der Waals surface area contributed by atoms with Crippen LogP contribution in [0.2, 0.25) is 0 Å². The van der Waals surface area contributed by atoms with Gasteiger partial charge in [0.05, 0.1) is 25.3 Å². The van der Waals surface area contributed by atoms with Gasteiger partial charge < -0.3 is 9.72 Å². The molecule has 0 bridgehead atoms. The summed E-state index contributed by atoms with van der Waals surface area (Å²) in [6.45, 7) is 10.0. The van der Waals surface area contributed by atoms with E-state index in [-0.39, 0.29) is 11.6 Å². The Morgan fingerprint density at radius 3 is 2.75 bits per heavy atom. The maximum atomic E-state index is 13.1. The number of hydrogen-bond donors (Lipinski definition) is 1. The van der Waals surface area contributed by atoms with E-state index in [9.17, 15) is 4.79 Å². The molecule has 1 aliphatic heterocycles. The molecule has 0 unspecified atom stereocenters. The van der Waals surface area contributed by atoms with E-state index in [1.165, 1.54) is 19.3 Å². The molecule has 5 rings (SSSR count). The number of rotatable bonds is 9. The van der Waals surface area contributed by atoms with Crippen molar-refractivity contribution in [1.82, 2.24) is 35.0 Å². The molecule has 0 radical (unpaired) electrons. The molecular weight excluding hydrogens is 454 g/mol. The number of aryl methyl sites for hydroxylation is 1. The molecule has 1 aliphatic carbocycles. The summed E-state index contributed by atoms with van der Waals surface area (Å²) in [6.07, 6.45) is 6.89. The largest absolute Gasteiger partial charge is 0.379 e. The minimum atomic E-state index is -0.0220. The molecule has 9 nitrogen and oxygen atoms in total. The summed E-state index contributed by atoms with van der Waals surface area (Å²) in [6, 6.07) is 8.66. The Morgan fingerprint density at radius 1 is 1.17 bits per heavy atom. The normalized spacial score (nSPS) is 18.8. The minimum absolute atomic E-state index is 0.0220. The highest BCUT2D eigenvalue weighted by Crippen LogP contribution is 2.32. The Kier molecular flexibility index (Phi) is 8.09. The summed E-state index contributed by atoms with van der Waals surface area (Å²) in [5.41, 5.74) is 2.78. The number of aromatic amines is 1. The zero-order valence-electron chi connectivity index (χ0n) is 21.7. The number of ether oxygens (including phenoxy) is 1. The summed E-state index contributed by atoms with van der Waals surface area (Å²) >= 11 is 0. The Morgan fingerprint density at radius 2 is 1.97 bits per heavy atom. The van der Waals surface area contributed by atoms with Crippen molar-refractivity contribution in [3.63, 3.8) is 0 Å². The first-order valence-electron chi connectivity index (χ1n) is 13.6. The lowest BCUT2D eigenvalue weighted by Crippen LogP contribution is -2.43. The molecule has 2 fully saturated rings. The van der Waals surface area contributed by atoms with E-state index >= 15 is 0 Å². The van der Waals surface area contributed by atoms with Crippen LogP contribution in [-0.2, 0) is 11.3 Å². The van der Waals surface area contributed by atoms with E-state index in [1.807, 2.05) is 19.1 Å². The molecular formula is C27H39N7O2. The molecule has 1 N–H and O–H groups in total. The molecule has 0 spiro atoms. The minimum Gasteiger partial charge on any atom is -0.379 e. The molecule has 9 heteroatoms. The van der Waals surface area contributed by atoms with Gasteiger partial charge in [0.1, 0.15) is 0 Å². The number of hydrogen-bond acceptors (Lipinski definition) is 7. The standard InChI is InChI=1S/C27H39N7O2/c1-3-25(26-29-30-31-34(26)23-7-5-4-6-8-23)33(12-11-32-13-15-36-16-14-32)19-22-18-21-10-9-20(2)17-24(21)28-27(22)35/h9-10,17-18,23,25H,3-8,11-16,19H2,1-2H3,(H,28,35)/t25-/m0/s1. The van der Waals surface area contributed by atoms with Gasteiger partial charge in [-0.25, -0.2) is 4.68 Å². The second-order valence-corrected chi connectivity index (χ2v) is 10.3. The number of nitrogens with zero attached hydrogens (tertiary/aromatic N) is 6. The van der Waals surface area contributed by atoms with E-state index < -0.39 is 0 Å². The third-order valence-corrected chi connectivity index (χ3v) is 7.82. The van der Waals surface area contributed by atoms with Crippen molar-refractivity contribution in [1.29, 1.82) is 0 Å². The first kappa shape index (κ1) is 25.0. The smallest absolute Gasteiger partial charge is 0.252 e. The van der Waals surface area contributed by atoms with Crippen LogP contribution in [-0.4, -0.2) is 74.4 Å². The average molecular weight is 494 g/mol. The van der Waals surface area contributed by atoms with Crippen LogP contribution < -0.4 is 5.56 Å². The fraction of sp³-hybridized carbons (Fsp3) is 0.630. The van der Waals surface area contributed by atoms with Gasteiger partial charge in [-0.2, -0.15) is 0 Å². The fourth-order valence-electron chi connectivity index (χ4n) is 5.75. The van der Waals surface area contributed by atoms with Crippen molar-refractivity contribution in [3.8, 4) is 0 Å². The van der Waals surface area contributed by atoms with Crippen LogP contribution in [0.4, 0.5) is 0 Å². The monoisotopic (exact) mass is 493 g/mol. The van der Waals surface area contributed by atoms with Gasteiger partial charge in [0, 0.05) is 43.8 Å². The zero-order chi connectivity index (χ0) is 24.9. The van der Waals surface area contributed by atoms with Crippen molar-refractivity contribution >= 4 is 10.9 Å². The maximum Gasteiger partial charge on any atom is 0.252 e. The molecule has 1 aromatic carbocycles. The van der Waals surface area contributed by atoms with Gasteiger partial charge in [0.25, 0.3) is 5.56 Å². The van der Waals surface area contributed by atoms with Crippen molar-refractivity contribution in [2.24, 2.45) is 0 Å². The highest BCUT2D eigenvalue weighted by atomic mass is 16.5. The molecule has 0 amide bonds. The number of morpholine rings is 1. The van der Waals surface area contributed by atoms with Gasteiger partial charge in [-0.3, -0.25) is 14.6 Å². The lowest BCUT2D eigenvalue weighted by atomic mass is 9.95. The second-order valence-electron chi connectivity index (χ2n) is 10.3. The molecule has 1 saturated heterocycles. The quantitative estimate of drug-likeness (QED) is 0.487. The lowest BCUT2D eigenvalue weighted by molar-refractivity contribution is 0.0290. The maximum absolute atomic E-state index is 13.1. The molecule has 3 aromatic rings. The number of nitrogens with one attached hydrogen (secondary N) is 1. The summed E-state index contributed by atoms with van der Waals surface area (Å²) < 4.78 is 7.63. The van der Waals surface area contributed by atoms with Gasteiger partial charge in [-0.15, -0.1) is 5.10 Å². The second kappa shape index (κ2) is 11.6. The number of benzene rings is 1. The van der Waals surface area contributed by atoms with Crippen LogP contribution in [0.1, 0.15) is 74.5 Å². The van der Waals surface area contributed by atoms with Gasteiger partial charge in [0.2, 0.25) is 0 Å². The Hall–Kier alpha value is -2.62. The summed E-state index contributed by atoms with van der Waals surface area (Å²) in [5, 5.41) is 14.2. The predicted molar refractivity (Wildman–Crippen MR) is 140 cm³/mol. The summed E-state index contributed by atoms with van der Waals surface area (Å²) in [4.78, 5) is 21.1. The van der Waals surface area contributed by atoms with E-state index in [0.29, 0.717) is 12.6 Å². The lowest BCUT2D eigenvalue weighted by Gasteiger charge is -2.34. The van der Waals surface area contributed by atoms with Crippen LogP contribution in [0.3, 0.4) is 0 Å². The third-order valence-electron chi connectivity index (χ3n) is 7.82. The number of fused-ring (bicyclic) bond motifs is 1. The molecule has 194 valence electrons. The number of pyridine rings is 1. The van der Waals surface area contributed by atoms with Gasteiger partial charge >= 0.3 is 0 Å². The van der Waals surface area contributed by atoms with Crippen LogP contribution in [0, 0.1) is 6.92 Å². The van der Waals surface area contributed by atoms with Crippen molar-refractivity contribution in [2.45, 2.75) is 71.0 Å². The van der Waals surface area contributed by atoms with Crippen molar-refractivity contribution < 1.29 is 4.74 Å².